The van der Waals surface area contributed by atoms with Gasteiger partial charge in [0.1, 0.15) is 17.1 Å². The molecule has 3 atom stereocenters. The van der Waals surface area contributed by atoms with Gasteiger partial charge in [0.15, 0.2) is 5.65 Å². The zero-order valence-electron chi connectivity index (χ0n) is 35.0. The number of imide groups is 1. The Labute approximate surface area is 376 Å². The fourth-order valence-electron chi connectivity index (χ4n) is 11.9. The number of nitrogens with zero attached hydrogens (tertiary/aromatic N) is 4. The van der Waals surface area contributed by atoms with E-state index in [4.69, 9.17) is 23.2 Å². The van der Waals surface area contributed by atoms with Crippen LogP contribution in [0.2, 0.25) is 10.0 Å². The summed E-state index contributed by atoms with van der Waals surface area (Å²) in [6.07, 6.45) is 13.5. The van der Waals surface area contributed by atoms with Crippen LogP contribution >= 0.6 is 23.2 Å². The first kappa shape index (κ1) is 42.0. The van der Waals surface area contributed by atoms with Crippen molar-refractivity contribution < 1.29 is 23.6 Å². The van der Waals surface area contributed by atoms with E-state index in [1.54, 1.807) is 30.5 Å². The van der Waals surface area contributed by atoms with Crippen LogP contribution in [0.15, 0.2) is 60.9 Å². The van der Waals surface area contributed by atoms with E-state index in [2.05, 4.69) is 43.0 Å². The Morgan fingerprint density at radius 1 is 0.937 bits per heavy atom. The molecule has 0 bridgehead atoms. The van der Waals surface area contributed by atoms with Gasteiger partial charge in [-0.25, -0.2) is 14.2 Å². The van der Waals surface area contributed by atoms with Crippen molar-refractivity contribution >= 4 is 64.1 Å². The highest BCUT2D eigenvalue weighted by atomic mass is 35.5. The first-order valence-corrected chi connectivity index (χ1v) is 23.2. The van der Waals surface area contributed by atoms with E-state index in [0.29, 0.717) is 47.5 Å². The Morgan fingerprint density at radius 2 is 1.73 bits per heavy atom. The lowest BCUT2D eigenvalue weighted by Crippen LogP contribution is -2.60. The molecule has 5 amide bonds. The van der Waals surface area contributed by atoms with Gasteiger partial charge in [0.2, 0.25) is 17.7 Å². The summed E-state index contributed by atoms with van der Waals surface area (Å²) in [5, 5.41) is 13.1. The van der Waals surface area contributed by atoms with E-state index in [1.165, 1.54) is 11.0 Å². The van der Waals surface area contributed by atoms with Crippen LogP contribution in [0.25, 0.3) is 5.65 Å². The lowest BCUT2D eigenvalue weighted by molar-refractivity contribution is -0.125. The maximum absolute atomic E-state index is 16.3. The van der Waals surface area contributed by atoms with Gasteiger partial charge in [-0.05, 0) is 112 Å². The summed E-state index contributed by atoms with van der Waals surface area (Å²) in [5.74, 6) is 6.09. The molecule has 6 aliphatic rings. The van der Waals surface area contributed by atoms with Gasteiger partial charge in [-0.1, -0.05) is 72.5 Å². The van der Waals surface area contributed by atoms with Gasteiger partial charge in [0.25, 0.3) is 0 Å². The lowest BCUT2D eigenvalue weighted by Gasteiger charge is -2.47. The molecule has 15 heteroatoms. The minimum absolute atomic E-state index is 0.0272. The first-order valence-electron chi connectivity index (χ1n) is 22.5. The standard InChI is InChI=1S/C48H51Cl2FN8O4/c49-32-13-16-35-37(26-32)54-45(62)48(35)40(34-7-4-8-36(50)41(34)51)42(56-47(48)20-2-1-3-21-47)44(61)53-33-14-10-30(11-15-33)28-57-23-17-29(18-24-57)9-12-31-6-5-22-58-39(27-52-43(31)58)59-25-19-38(60)55-46(59)63/h4-8,13,16,22,26-27,29-30,33,40,42,56H,1-3,10-11,14-15,17-21,23-25,28H2,(H,53,61)(H,54,62)(H,55,60,63)/t30-,33-,40-,42+,48+/m0/s1. The second kappa shape index (κ2) is 16.8. The predicted molar refractivity (Wildman–Crippen MR) is 239 cm³/mol. The summed E-state index contributed by atoms with van der Waals surface area (Å²) in [5.41, 5.74) is 1.06. The largest absolute Gasteiger partial charge is 0.352 e. The van der Waals surface area contributed by atoms with Crippen molar-refractivity contribution in [2.45, 2.75) is 106 Å². The molecule has 2 aromatic carbocycles. The smallest absolute Gasteiger partial charge is 0.329 e. The number of likely N-dealkylation sites (tertiary alicyclic amines) is 1. The van der Waals surface area contributed by atoms with Gasteiger partial charge in [0.05, 0.1) is 22.8 Å². The molecule has 10 rings (SSSR count). The number of anilines is 2. The molecule has 63 heavy (non-hydrogen) atoms. The number of piperidine rings is 1. The molecular formula is C48H51Cl2FN8O4. The van der Waals surface area contributed by atoms with Crippen molar-refractivity contribution in [3.63, 3.8) is 0 Å². The molecule has 2 spiro atoms. The Hall–Kier alpha value is -5.00. The second-order valence-electron chi connectivity index (χ2n) is 18.4. The second-order valence-corrected chi connectivity index (χ2v) is 19.2. The molecule has 2 aromatic heterocycles. The summed E-state index contributed by atoms with van der Waals surface area (Å²) >= 11 is 12.9. The maximum atomic E-state index is 16.3. The zero-order chi connectivity index (χ0) is 43.5. The van der Waals surface area contributed by atoms with E-state index < -0.39 is 34.8 Å². The molecule has 4 aliphatic heterocycles. The summed E-state index contributed by atoms with van der Waals surface area (Å²) in [7, 11) is 0. The summed E-state index contributed by atoms with van der Waals surface area (Å²) in [4.78, 5) is 62.2. The number of imidazole rings is 1. The van der Waals surface area contributed by atoms with Crippen LogP contribution in [0.4, 0.5) is 20.7 Å². The molecule has 2 saturated carbocycles. The number of hydrogen-bond donors (Lipinski definition) is 4. The number of hydrogen-bond acceptors (Lipinski definition) is 7. The Bertz CT molecular complexity index is 2550. The fraction of sp³-hybridized carbons (Fsp3) is 0.479. The molecule has 6 heterocycles. The molecule has 0 radical (unpaired) electrons. The summed E-state index contributed by atoms with van der Waals surface area (Å²) < 4.78 is 18.2. The molecule has 328 valence electrons. The molecule has 3 saturated heterocycles. The normalized spacial score (nSPS) is 27.3. The highest BCUT2D eigenvalue weighted by Gasteiger charge is 2.72. The molecule has 12 nitrogen and oxygen atoms in total. The highest BCUT2D eigenvalue weighted by Crippen LogP contribution is 2.63. The van der Waals surface area contributed by atoms with Crippen LogP contribution < -0.4 is 26.2 Å². The number of rotatable bonds is 6. The van der Waals surface area contributed by atoms with Gasteiger partial charge in [-0.2, -0.15) is 0 Å². The Kier molecular flexibility index (Phi) is 11.2. The van der Waals surface area contributed by atoms with Crippen LogP contribution in [0.5, 0.6) is 0 Å². The van der Waals surface area contributed by atoms with Gasteiger partial charge in [-0.3, -0.25) is 34.3 Å². The van der Waals surface area contributed by atoms with Gasteiger partial charge < -0.3 is 15.5 Å². The van der Waals surface area contributed by atoms with E-state index in [9.17, 15) is 19.2 Å². The molecular weight excluding hydrogens is 842 g/mol. The highest BCUT2D eigenvalue weighted by molar-refractivity contribution is 6.31. The number of halogens is 3. The number of fused-ring (bicyclic) bond motifs is 4. The van der Waals surface area contributed by atoms with Crippen molar-refractivity contribution in [3.05, 3.63) is 93.5 Å². The van der Waals surface area contributed by atoms with Crippen molar-refractivity contribution in [1.82, 2.24) is 30.2 Å². The minimum atomic E-state index is -1.26. The van der Waals surface area contributed by atoms with E-state index in [-0.39, 0.29) is 46.7 Å². The number of urea groups is 1. The summed E-state index contributed by atoms with van der Waals surface area (Å²) in [6.45, 7) is 3.25. The monoisotopic (exact) mass is 892 g/mol. The van der Waals surface area contributed by atoms with E-state index in [0.717, 1.165) is 88.5 Å². The number of carbonyl (C=O) groups is 4. The predicted octanol–water partition coefficient (Wildman–Crippen LogP) is 7.31. The van der Waals surface area contributed by atoms with Crippen LogP contribution in [-0.2, 0) is 19.8 Å². The van der Waals surface area contributed by atoms with Crippen molar-refractivity contribution in [3.8, 4) is 11.8 Å². The van der Waals surface area contributed by atoms with Crippen LogP contribution in [0.3, 0.4) is 0 Å². The Balaban J connectivity index is 0.783. The van der Waals surface area contributed by atoms with Crippen LogP contribution in [-0.4, -0.2) is 81.8 Å². The van der Waals surface area contributed by atoms with Gasteiger partial charge in [-0.15, -0.1) is 0 Å². The molecule has 4 aromatic rings. The van der Waals surface area contributed by atoms with Gasteiger partial charge in [0, 0.05) is 59.8 Å². The molecule has 4 N–H and O–H groups in total. The summed E-state index contributed by atoms with van der Waals surface area (Å²) in [6, 6.07) is 12.8. The zero-order valence-corrected chi connectivity index (χ0v) is 36.5. The number of benzene rings is 2. The average molecular weight is 894 g/mol. The number of carbonyl (C=O) groups excluding carboxylic acids is 4. The topological polar surface area (TPSA) is 140 Å². The lowest BCUT2D eigenvalue weighted by atomic mass is 9.55. The molecule has 2 aliphatic carbocycles. The number of amides is 5. The first-order chi connectivity index (χ1) is 30.5. The third kappa shape index (κ3) is 7.37. The fourth-order valence-corrected chi connectivity index (χ4v) is 12.2. The molecule has 5 fully saturated rings. The van der Waals surface area contributed by atoms with Crippen molar-refractivity contribution in [2.75, 3.05) is 36.4 Å². The van der Waals surface area contributed by atoms with Crippen LogP contribution in [0.1, 0.15) is 99.7 Å². The average Bonchev–Trinajstić information content (AvgIpc) is 3.93. The minimum Gasteiger partial charge on any atom is -0.352 e. The van der Waals surface area contributed by atoms with Crippen molar-refractivity contribution in [2.24, 2.45) is 11.8 Å². The number of nitrogens with one attached hydrogen (secondary N) is 4. The maximum Gasteiger partial charge on any atom is 0.329 e. The third-order valence-electron chi connectivity index (χ3n) is 14.9. The third-order valence-corrected chi connectivity index (χ3v) is 15.4. The van der Waals surface area contributed by atoms with Gasteiger partial charge >= 0.3 is 6.03 Å². The number of pyridine rings is 1. The molecule has 0 unspecified atom stereocenters. The van der Waals surface area contributed by atoms with E-state index in [1.807, 2.05) is 28.8 Å². The van der Waals surface area contributed by atoms with Crippen LogP contribution in [0, 0.1) is 29.5 Å². The SMILES string of the molecule is O=C1CCN(c2cnc3c(C#CC4CCN(C[C@H]5CC[C@H](NC(=O)[C@@H]6NC7(CCCCC7)[C@@]7(C(=O)Nc8cc(Cl)ccc87)[C@H]6c6cccc(Cl)c6F)CC5)CC4)cccn23)C(=O)N1. The quantitative estimate of drug-likeness (QED) is 0.149. The Morgan fingerprint density at radius 3 is 2.51 bits per heavy atom. The van der Waals surface area contributed by atoms with Crippen molar-refractivity contribution in [1.29, 1.82) is 0 Å². The number of aromatic nitrogens is 2. The van der Waals surface area contributed by atoms with E-state index >= 15 is 4.39 Å².